The van der Waals surface area contributed by atoms with E-state index in [9.17, 15) is 8.78 Å². The van der Waals surface area contributed by atoms with Crippen LogP contribution >= 0.6 is 24.0 Å². The molecule has 0 aromatic heterocycles. The minimum atomic E-state index is -2.25. The van der Waals surface area contributed by atoms with Gasteiger partial charge in [-0.1, -0.05) is 26.2 Å². The molecule has 1 saturated heterocycles. The Kier molecular flexibility index (Phi) is 12.8. The fourth-order valence-corrected chi connectivity index (χ4v) is 4.05. The van der Waals surface area contributed by atoms with E-state index in [4.69, 9.17) is 9.73 Å². The van der Waals surface area contributed by atoms with Crippen LogP contribution < -0.4 is 10.6 Å². The van der Waals surface area contributed by atoms with Crippen LogP contribution in [0.4, 0.5) is 8.78 Å². The van der Waals surface area contributed by atoms with E-state index in [0.717, 1.165) is 51.2 Å². The Bertz CT molecular complexity index is 440. The van der Waals surface area contributed by atoms with Gasteiger partial charge in [-0.05, 0) is 39.0 Å². The summed E-state index contributed by atoms with van der Waals surface area (Å²) in [5.74, 6) is 0.829. The smallest absolute Gasteiger partial charge is 0.251 e. The van der Waals surface area contributed by atoms with E-state index in [-0.39, 0.29) is 42.2 Å². The maximum absolute atomic E-state index is 12.5. The lowest BCUT2D eigenvalue weighted by Gasteiger charge is -2.36. The third-order valence-corrected chi connectivity index (χ3v) is 5.57. The molecule has 1 saturated carbocycles. The third kappa shape index (κ3) is 9.07. The molecule has 0 aromatic rings. The van der Waals surface area contributed by atoms with Gasteiger partial charge in [-0.15, -0.1) is 24.0 Å². The molecule has 2 aliphatic rings. The Morgan fingerprint density at radius 1 is 1.18 bits per heavy atom. The summed E-state index contributed by atoms with van der Waals surface area (Å²) in [7, 11) is 0. The first kappa shape index (κ1) is 25.8. The average Bonchev–Trinajstić information content (AvgIpc) is 2.67. The number of hydrogen-bond donors (Lipinski definition) is 2. The third-order valence-electron chi connectivity index (χ3n) is 5.57. The molecule has 0 amide bonds. The van der Waals surface area contributed by atoms with Gasteiger partial charge in [0.15, 0.2) is 5.96 Å². The van der Waals surface area contributed by atoms with Crippen LogP contribution in [0.25, 0.3) is 0 Å². The van der Waals surface area contributed by atoms with Crippen LogP contribution in [0.15, 0.2) is 4.99 Å². The molecule has 0 spiro atoms. The zero-order valence-corrected chi connectivity index (χ0v) is 19.9. The highest BCUT2D eigenvalue weighted by Gasteiger charge is 2.33. The van der Waals surface area contributed by atoms with Crippen molar-refractivity contribution in [3.8, 4) is 0 Å². The van der Waals surface area contributed by atoms with Gasteiger partial charge >= 0.3 is 0 Å². The van der Waals surface area contributed by atoms with Crippen molar-refractivity contribution in [3.05, 3.63) is 0 Å². The number of rotatable bonds is 9. The molecular weight excluding hydrogens is 477 g/mol. The van der Waals surface area contributed by atoms with Crippen LogP contribution in [0.2, 0.25) is 0 Å². The standard InChI is InChI=1S/C20H38F2N4O.HI/c1-3-14-27-20(10-6-5-7-11-20)16-24-19(23-4-2)25-17-8-12-26(13-9-17)15-18(21)22;/h17-18H,3-16H2,1-2H3,(H2,23,24,25);1H. The Balaban J connectivity index is 0.00000392. The van der Waals surface area contributed by atoms with Gasteiger partial charge in [0.2, 0.25) is 0 Å². The Morgan fingerprint density at radius 2 is 1.86 bits per heavy atom. The number of alkyl halides is 2. The molecule has 2 fully saturated rings. The number of aliphatic imine (C=N–C) groups is 1. The molecule has 1 aliphatic heterocycles. The molecule has 0 radical (unpaired) electrons. The van der Waals surface area contributed by atoms with E-state index in [1.165, 1.54) is 19.3 Å². The fourth-order valence-electron chi connectivity index (χ4n) is 4.05. The summed E-state index contributed by atoms with van der Waals surface area (Å²) in [5, 5.41) is 6.85. The normalized spacial score (nSPS) is 21.4. The first-order chi connectivity index (χ1) is 13.1. The van der Waals surface area contributed by atoms with Gasteiger partial charge in [0.25, 0.3) is 6.43 Å². The van der Waals surface area contributed by atoms with Crippen molar-refractivity contribution in [2.24, 2.45) is 4.99 Å². The molecule has 166 valence electrons. The molecule has 1 heterocycles. The first-order valence-corrected chi connectivity index (χ1v) is 10.8. The number of likely N-dealkylation sites (tertiary alicyclic amines) is 1. The second-order valence-electron chi connectivity index (χ2n) is 7.90. The summed E-state index contributed by atoms with van der Waals surface area (Å²) in [6.07, 6.45) is 6.41. The van der Waals surface area contributed by atoms with Crippen LogP contribution in [0.1, 0.15) is 65.2 Å². The lowest BCUT2D eigenvalue weighted by Crippen LogP contribution is -2.50. The van der Waals surface area contributed by atoms with E-state index in [2.05, 4.69) is 24.5 Å². The SMILES string of the molecule is CCCOC1(CN=C(NCC)NC2CCN(CC(F)F)CC2)CCCCC1.I. The largest absolute Gasteiger partial charge is 0.373 e. The zero-order chi connectivity index (χ0) is 19.5. The average molecular weight is 516 g/mol. The van der Waals surface area contributed by atoms with Crippen molar-refractivity contribution in [1.82, 2.24) is 15.5 Å². The number of nitrogens with one attached hydrogen (secondary N) is 2. The number of guanidine groups is 1. The Labute approximate surface area is 186 Å². The first-order valence-electron chi connectivity index (χ1n) is 10.8. The highest BCUT2D eigenvalue weighted by Crippen LogP contribution is 2.32. The molecule has 8 heteroatoms. The number of piperidine rings is 1. The van der Waals surface area contributed by atoms with E-state index < -0.39 is 6.43 Å². The van der Waals surface area contributed by atoms with Crippen molar-refractivity contribution < 1.29 is 13.5 Å². The second-order valence-corrected chi connectivity index (χ2v) is 7.90. The van der Waals surface area contributed by atoms with Gasteiger partial charge in [-0.25, -0.2) is 8.78 Å². The number of nitrogens with zero attached hydrogens (tertiary/aromatic N) is 2. The molecule has 2 N–H and O–H groups in total. The van der Waals surface area contributed by atoms with Gasteiger partial charge < -0.3 is 15.4 Å². The molecule has 1 aliphatic carbocycles. The van der Waals surface area contributed by atoms with Crippen LogP contribution in [0.5, 0.6) is 0 Å². The van der Waals surface area contributed by atoms with Crippen LogP contribution in [0, 0.1) is 0 Å². The maximum atomic E-state index is 12.5. The molecule has 0 atom stereocenters. The molecule has 0 bridgehead atoms. The summed E-state index contributed by atoms with van der Waals surface area (Å²) in [4.78, 5) is 6.71. The Hall–Kier alpha value is -0.220. The highest BCUT2D eigenvalue weighted by atomic mass is 127. The lowest BCUT2D eigenvalue weighted by molar-refractivity contribution is -0.0624. The topological polar surface area (TPSA) is 48.9 Å². The Morgan fingerprint density at radius 3 is 2.43 bits per heavy atom. The predicted octanol–water partition coefficient (Wildman–Crippen LogP) is 4.02. The van der Waals surface area contributed by atoms with Gasteiger partial charge in [-0.2, -0.15) is 0 Å². The minimum absolute atomic E-state index is 0. The van der Waals surface area contributed by atoms with E-state index in [1.807, 2.05) is 4.90 Å². The molecule has 0 aromatic carbocycles. The van der Waals surface area contributed by atoms with Gasteiger partial charge in [0.1, 0.15) is 0 Å². The monoisotopic (exact) mass is 516 g/mol. The van der Waals surface area contributed by atoms with Crippen LogP contribution in [-0.4, -0.2) is 68.3 Å². The maximum Gasteiger partial charge on any atom is 0.251 e. The molecule has 28 heavy (non-hydrogen) atoms. The van der Waals surface area contributed by atoms with Gasteiger partial charge in [0, 0.05) is 32.3 Å². The predicted molar refractivity (Wildman–Crippen MR) is 122 cm³/mol. The number of ether oxygens (including phenoxy) is 1. The van der Waals surface area contributed by atoms with Crippen LogP contribution in [-0.2, 0) is 4.74 Å². The second kappa shape index (κ2) is 13.9. The van der Waals surface area contributed by atoms with Gasteiger partial charge in [-0.3, -0.25) is 9.89 Å². The summed E-state index contributed by atoms with van der Waals surface area (Å²) in [6.45, 7) is 7.81. The number of halogens is 3. The van der Waals surface area contributed by atoms with E-state index >= 15 is 0 Å². The fraction of sp³-hybridized carbons (Fsp3) is 0.950. The van der Waals surface area contributed by atoms with Crippen molar-refractivity contribution in [3.63, 3.8) is 0 Å². The van der Waals surface area contributed by atoms with E-state index in [0.29, 0.717) is 19.6 Å². The lowest BCUT2D eigenvalue weighted by atomic mass is 9.84. The summed E-state index contributed by atoms with van der Waals surface area (Å²) >= 11 is 0. The summed E-state index contributed by atoms with van der Waals surface area (Å²) < 4.78 is 31.3. The summed E-state index contributed by atoms with van der Waals surface area (Å²) in [5.41, 5.74) is -0.114. The molecular formula is C20H39F2IN4O. The van der Waals surface area contributed by atoms with E-state index in [1.54, 1.807) is 0 Å². The quantitative estimate of drug-likeness (QED) is 0.276. The van der Waals surface area contributed by atoms with Crippen LogP contribution in [0.3, 0.4) is 0 Å². The summed E-state index contributed by atoms with van der Waals surface area (Å²) in [6, 6.07) is 0.288. The van der Waals surface area contributed by atoms with Crippen molar-refractivity contribution in [2.45, 2.75) is 83.3 Å². The molecule has 0 unspecified atom stereocenters. The van der Waals surface area contributed by atoms with Crippen molar-refractivity contribution >= 4 is 29.9 Å². The number of hydrogen-bond acceptors (Lipinski definition) is 3. The van der Waals surface area contributed by atoms with Crippen molar-refractivity contribution in [2.75, 3.05) is 39.3 Å². The zero-order valence-electron chi connectivity index (χ0n) is 17.5. The molecule has 5 nitrogen and oxygen atoms in total. The minimum Gasteiger partial charge on any atom is -0.373 e. The van der Waals surface area contributed by atoms with Gasteiger partial charge in [0.05, 0.1) is 18.7 Å². The van der Waals surface area contributed by atoms with Crippen molar-refractivity contribution in [1.29, 1.82) is 0 Å². The highest BCUT2D eigenvalue weighted by molar-refractivity contribution is 14.0. The molecule has 2 rings (SSSR count).